The van der Waals surface area contributed by atoms with E-state index in [2.05, 4.69) is 15.9 Å². The SMILES string of the molecule is O=C(c1ccc(Br)cc1O)N1CCN(c2cccc(F)c2)C(=O)C1. The molecule has 0 bridgehead atoms. The van der Waals surface area contributed by atoms with Crippen LogP contribution in [0, 0.1) is 5.82 Å². The number of aromatic hydroxyl groups is 1. The van der Waals surface area contributed by atoms with Crippen LogP contribution in [-0.4, -0.2) is 41.5 Å². The number of anilines is 1. The first-order chi connectivity index (χ1) is 11.5. The van der Waals surface area contributed by atoms with Gasteiger partial charge in [-0.3, -0.25) is 9.59 Å². The number of carbonyl (C=O) groups excluding carboxylic acids is 2. The second kappa shape index (κ2) is 6.60. The molecule has 1 N–H and O–H groups in total. The number of nitrogens with zero attached hydrogens (tertiary/aromatic N) is 2. The van der Waals surface area contributed by atoms with Gasteiger partial charge in [0.1, 0.15) is 18.1 Å². The Labute approximate surface area is 146 Å². The summed E-state index contributed by atoms with van der Waals surface area (Å²) in [5.41, 5.74) is 0.615. The zero-order valence-corrected chi connectivity index (χ0v) is 14.2. The van der Waals surface area contributed by atoms with Crippen LogP contribution in [-0.2, 0) is 4.79 Å². The maximum absolute atomic E-state index is 13.3. The van der Waals surface area contributed by atoms with Crippen molar-refractivity contribution in [1.29, 1.82) is 0 Å². The van der Waals surface area contributed by atoms with Gasteiger partial charge in [0.15, 0.2) is 0 Å². The molecule has 2 aromatic carbocycles. The summed E-state index contributed by atoms with van der Waals surface area (Å²) >= 11 is 3.21. The quantitative estimate of drug-likeness (QED) is 0.854. The van der Waals surface area contributed by atoms with E-state index in [1.165, 1.54) is 40.1 Å². The van der Waals surface area contributed by atoms with E-state index in [1.54, 1.807) is 12.1 Å². The number of phenolic OH excluding ortho intramolecular Hbond substituents is 1. The number of carbonyl (C=O) groups is 2. The molecule has 0 unspecified atom stereocenters. The van der Waals surface area contributed by atoms with Crippen LogP contribution in [0.25, 0.3) is 0 Å². The lowest BCUT2D eigenvalue weighted by atomic mass is 10.1. The standard InChI is InChI=1S/C17H14BrFN2O3/c18-11-4-5-14(15(22)8-11)17(24)20-6-7-21(16(23)10-20)13-3-1-2-12(19)9-13/h1-5,8-9,22H,6-7,10H2. The summed E-state index contributed by atoms with van der Waals surface area (Å²) in [6.45, 7) is 0.451. The van der Waals surface area contributed by atoms with E-state index in [1.807, 2.05) is 0 Å². The maximum Gasteiger partial charge on any atom is 0.258 e. The van der Waals surface area contributed by atoms with Gasteiger partial charge in [-0.1, -0.05) is 22.0 Å². The number of benzene rings is 2. The van der Waals surface area contributed by atoms with E-state index in [4.69, 9.17) is 0 Å². The predicted molar refractivity (Wildman–Crippen MR) is 90.5 cm³/mol. The largest absolute Gasteiger partial charge is 0.507 e. The molecule has 1 heterocycles. The Kier molecular flexibility index (Phi) is 4.53. The van der Waals surface area contributed by atoms with Crippen molar-refractivity contribution in [2.75, 3.05) is 24.5 Å². The first-order valence-electron chi connectivity index (χ1n) is 7.29. The van der Waals surface area contributed by atoms with Crippen LogP contribution in [0.2, 0.25) is 0 Å². The molecule has 0 saturated carbocycles. The molecule has 3 rings (SSSR count). The van der Waals surface area contributed by atoms with Crippen LogP contribution in [0.1, 0.15) is 10.4 Å². The van der Waals surface area contributed by atoms with E-state index < -0.39 is 11.7 Å². The molecule has 124 valence electrons. The Bertz CT molecular complexity index is 812. The molecule has 1 fully saturated rings. The lowest BCUT2D eigenvalue weighted by Crippen LogP contribution is -2.52. The number of hydrogen-bond acceptors (Lipinski definition) is 3. The molecule has 1 aliphatic rings. The lowest BCUT2D eigenvalue weighted by molar-refractivity contribution is -0.120. The van der Waals surface area contributed by atoms with Crippen molar-refractivity contribution in [3.8, 4) is 5.75 Å². The normalized spacial score (nSPS) is 14.8. The lowest BCUT2D eigenvalue weighted by Gasteiger charge is -2.34. The summed E-state index contributed by atoms with van der Waals surface area (Å²) in [7, 11) is 0. The molecule has 1 aliphatic heterocycles. The molecular weight excluding hydrogens is 379 g/mol. The number of amides is 2. The zero-order valence-electron chi connectivity index (χ0n) is 12.6. The van der Waals surface area contributed by atoms with Crippen molar-refractivity contribution < 1.29 is 19.1 Å². The van der Waals surface area contributed by atoms with E-state index >= 15 is 0 Å². The van der Waals surface area contributed by atoms with Crippen LogP contribution in [0.4, 0.5) is 10.1 Å². The van der Waals surface area contributed by atoms with Gasteiger partial charge in [0, 0.05) is 23.2 Å². The van der Waals surface area contributed by atoms with Gasteiger partial charge in [-0.15, -0.1) is 0 Å². The molecule has 0 aromatic heterocycles. The average Bonchev–Trinajstić information content (AvgIpc) is 2.54. The van der Waals surface area contributed by atoms with Gasteiger partial charge in [-0.05, 0) is 36.4 Å². The predicted octanol–water partition coefficient (Wildman–Crippen LogP) is 2.78. The number of halogens is 2. The molecule has 5 nitrogen and oxygen atoms in total. The molecule has 2 amide bonds. The summed E-state index contributed by atoms with van der Waals surface area (Å²) in [4.78, 5) is 27.7. The van der Waals surface area contributed by atoms with Gasteiger partial charge in [-0.25, -0.2) is 4.39 Å². The fourth-order valence-electron chi connectivity index (χ4n) is 2.62. The van der Waals surface area contributed by atoms with Crippen molar-refractivity contribution in [1.82, 2.24) is 4.90 Å². The smallest absolute Gasteiger partial charge is 0.258 e. The van der Waals surface area contributed by atoms with Crippen molar-refractivity contribution in [3.05, 3.63) is 58.3 Å². The fourth-order valence-corrected chi connectivity index (χ4v) is 2.97. The molecule has 0 aliphatic carbocycles. The Morgan fingerprint density at radius 1 is 1.17 bits per heavy atom. The van der Waals surface area contributed by atoms with E-state index in [0.717, 1.165) is 0 Å². The molecule has 2 aromatic rings. The molecular formula is C17H14BrFN2O3. The Morgan fingerprint density at radius 2 is 1.96 bits per heavy atom. The van der Waals surface area contributed by atoms with E-state index in [-0.39, 0.29) is 30.3 Å². The third-order valence-corrected chi connectivity index (χ3v) is 4.31. The first-order valence-corrected chi connectivity index (χ1v) is 8.09. The monoisotopic (exact) mass is 392 g/mol. The van der Waals surface area contributed by atoms with Gasteiger partial charge >= 0.3 is 0 Å². The summed E-state index contributed by atoms with van der Waals surface area (Å²) in [6, 6.07) is 10.4. The van der Waals surface area contributed by atoms with Crippen LogP contribution in [0.5, 0.6) is 5.75 Å². The fraction of sp³-hybridized carbons (Fsp3) is 0.176. The van der Waals surface area contributed by atoms with Crippen LogP contribution >= 0.6 is 15.9 Å². The van der Waals surface area contributed by atoms with Crippen molar-refractivity contribution in [3.63, 3.8) is 0 Å². The molecule has 0 atom stereocenters. The van der Waals surface area contributed by atoms with E-state index in [0.29, 0.717) is 16.7 Å². The molecule has 1 saturated heterocycles. The van der Waals surface area contributed by atoms with Crippen LogP contribution < -0.4 is 4.90 Å². The van der Waals surface area contributed by atoms with Gasteiger partial charge < -0.3 is 14.9 Å². The van der Waals surface area contributed by atoms with Gasteiger partial charge in [0.25, 0.3) is 5.91 Å². The Hall–Kier alpha value is -2.41. The third-order valence-electron chi connectivity index (χ3n) is 3.82. The maximum atomic E-state index is 13.3. The van der Waals surface area contributed by atoms with Crippen molar-refractivity contribution >= 4 is 33.4 Å². The Morgan fingerprint density at radius 3 is 2.62 bits per heavy atom. The molecule has 0 radical (unpaired) electrons. The van der Waals surface area contributed by atoms with Gasteiger partial charge in [-0.2, -0.15) is 0 Å². The highest BCUT2D eigenvalue weighted by molar-refractivity contribution is 9.10. The summed E-state index contributed by atoms with van der Waals surface area (Å²) in [5, 5.41) is 9.90. The Balaban J connectivity index is 1.75. The summed E-state index contributed by atoms with van der Waals surface area (Å²) in [5.74, 6) is -1.27. The zero-order chi connectivity index (χ0) is 17.3. The minimum Gasteiger partial charge on any atom is -0.507 e. The highest BCUT2D eigenvalue weighted by Crippen LogP contribution is 2.25. The van der Waals surface area contributed by atoms with Crippen LogP contribution in [0.3, 0.4) is 0 Å². The number of piperazine rings is 1. The molecule has 0 spiro atoms. The molecule has 7 heteroatoms. The number of rotatable bonds is 2. The van der Waals surface area contributed by atoms with Gasteiger partial charge in [0.05, 0.1) is 5.56 Å². The van der Waals surface area contributed by atoms with Crippen LogP contribution in [0.15, 0.2) is 46.9 Å². The summed E-state index contributed by atoms with van der Waals surface area (Å²) in [6.07, 6.45) is 0. The average molecular weight is 393 g/mol. The topological polar surface area (TPSA) is 60.9 Å². The highest BCUT2D eigenvalue weighted by atomic mass is 79.9. The van der Waals surface area contributed by atoms with Gasteiger partial charge in [0.2, 0.25) is 5.91 Å². The third kappa shape index (κ3) is 3.26. The van der Waals surface area contributed by atoms with Crippen molar-refractivity contribution in [2.45, 2.75) is 0 Å². The second-order valence-electron chi connectivity index (χ2n) is 5.41. The first kappa shape index (κ1) is 16.4. The minimum absolute atomic E-state index is 0.120. The highest BCUT2D eigenvalue weighted by Gasteiger charge is 2.29. The molecule has 24 heavy (non-hydrogen) atoms. The second-order valence-corrected chi connectivity index (χ2v) is 6.33. The van der Waals surface area contributed by atoms with Crippen molar-refractivity contribution in [2.24, 2.45) is 0 Å². The number of phenols is 1. The van der Waals surface area contributed by atoms with E-state index in [9.17, 15) is 19.1 Å². The minimum atomic E-state index is -0.418. The number of hydrogen-bond donors (Lipinski definition) is 1. The summed E-state index contributed by atoms with van der Waals surface area (Å²) < 4.78 is 14.0.